The molecule has 1 aliphatic rings. The number of halogens is 2. The number of nitrogens with one attached hydrogen (secondary N) is 2. The summed E-state index contributed by atoms with van der Waals surface area (Å²) in [6.45, 7) is 1.77. The molecule has 1 aromatic carbocycles. The van der Waals surface area contributed by atoms with Crippen molar-refractivity contribution >= 4 is 22.2 Å². The Labute approximate surface area is 148 Å². The third kappa shape index (κ3) is 3.70. The van der Waals surface area contributed by atoms with E-state index in [-0.39, 0.29) is 18.5 Å². The van der Waals surface area contributed by atoms with Crippen LogP contribution in [0.1, 0.15) is 41.0 Å². The highest BCUT2D eigenvalue weighted by Crippen LogP contribution is 2.38. The molecule has 0 spiro atoms. The molecule has 0 unspecified atom stereocenters. The molecular formula is C18H17F2N3OS. The van der Waals surface area contributed by atoms with Crippen molar-refractivity contribution < 1.29 is 13.6 Å². The summed E-state index contributed by atoms with van der Waals surface area (Å²) in [7, 11) is 0. The minimum atomic E-state index is -0.914. The highest BCUT2D eigenvalue weighted by atomic mass is 32.1. The Morgan fingerprint density at radius 1 is 1.36 bits per heavy atom. The number of fused-ring (bicyclic) bond motifs is 1. The van der Waals surface area contributed by atoms with E-state index in [0.717, 1.165) is 37.0 Å². The molecule has 1 aromatic heterocycles. The number of hydrogen-bond donors (Lipinski definition) is 2. The predicted octanol–water partition coefficient (Wildman–Crippen LogP) is 3.68. The summed E-state index contributed by atoms with van der Waals surface area (Å²) in [5.41, 5.74) is 2.19. The average molecular weight is 361 g/mol. The fourth-order valence-corrected chi connectivity index (χ4v) is 4.18. The number of carbonyl (C=O) groups excluding carboxylic acids is 1. The van der Waals surface area contributed by atoms with Crippen LogP contribution in [0.15, 0.2) is 18.2 Å². The minimum Gasteiger partial charge on any atom is -0.315 e. The SMILES string of the molecule is C[C@@H](NCC(=O)Nc1sc2c(c1C#N)CCC2)c1ccc(F)c(F)c1. The van der Waals surface area contributed by atoms with Gasteiger partial charge in [0.15, 0.2) is 11.6 Å². The molecule has 0 saturated carbocycles. The van der Waals surface area contributed by atoms with Crippen molar-refractivity contribution in [3.8, 4) is 6.07 Å². The summed E-state index contributed by atoms with van der Waals surface area (Å²) in [4.78, 5) is 13.3. The molecule has 1 heterocycles. The van der Waals surface area contributed by atoms with Crippen LogP contribution in [0, 0.1) is 23.0 Å². The molecule has 0 saturated heterocycles. The number of rotatable bonds is 5. The van der Waals surface area contributed by atoms with Crippen molar-refractivity contribution in [2.75, 3.05) is 11.9 Å². The topological polar surface area (TPSA) is 64.9 Å². The first-order valence-corrected chi connectivity index (χ1v) is 8.84. The summed E-state index contributed by atoms with van der Waals surface area (Å²) in [5, 5.41) is 15.7. The van der Waals surface area contributed by atoms with Gasteiger partial charge in [0.05, 0.1) is 12.1 Å². The van der Waals surface area contributed by atoms with E-state index in [9.17, 15) is 18.8 Å². The molecular weight excluding hydrogens is 344 g/mol. The molecule has 2 N–H and O–H groups in total. The van der Waals surface area contributed by atoms with Crippen LogP contribution in [0.4, 0.5) is 13.8 Å². The molecule has 0 bridgehead atoms. The first-order valence-electron chi connectivity index (χ1n) is 8.02. The summed E-state index contributed by atoms with van der Waals surface area (Å²) in [6.07, 6.45) is 2.89. The highest BCUT2D eigenvalue weighted by Gasteiger charge is 2.23. The summed E-state index contributed by atoms with van der Waals surface area (Å²) in [5.74, 6) is -2.09. The Morgan fingerprint density at radius 2 is 2.16 bits per heavy atom. The largest absolute Gasteiger partial charge is 0.315 e. The maximum atomic E-state index is 13.3. The first kappa shape index (κ1) is 17.5. The number of nitriles is 1. The zero-order chi connectivity index (χ0) is 18.0. The zero-order valence-electron chi connectivity index (χ0n) is 13.7. The Hall–Kier alpha value is -2.30. The van der Waals surface area contributed by atoms with E-state index in [1.54, 1.807) is 6.92 Å². The van der Waals surface area contributed by atoms with Gasteiger partial charge >= 0.3 is 0 Å². The normalized spacial score (nSPS) is 14.0. The van der Waals surface area contributed by atoms with Crippen LogP contribution < -0.4 is 10.6 Å². The standard InChI is InChI=1S/C18H17F2N3OS/c1-10(11-5-6-14(19)15(20)7-11)22-9-17(24)23-18-13(8-21)12-3-2-4-16(12)25-18/h5-7,10,22H,2-4,9H2,1H3,(H,23,24)/t10-/m1/s1. The molecule has 1 atom stereocenters. The maximum Gasteiger partial charge on any atom is 0.238 e. The minimum absolute atomic E-state index is 0.00754. The van der Waals surface area contributed by atoms with Gasteiger partial charge in [-0.25, -0.2) is 8.78 Å². The van der Waals surface area contributed by atoms with Crippen LogP contribution in [0.2, 0.25) is 0 Å². The summed E-state index contributed by atoms with van der Waals surface area (Å²) in [6, 6.07) is 5.52. The Kier molecular flexibility index (Phi) is 5.11. The van der Waals surface area contributed by atoms with Gasteiger partial charge in [0.1, 0.15) is 11.1 Å². The zero-order valence-corrected chi connectivity index (χ0v) is 14.5. The van der Waals surface area contributed by atoms with E-state index in [4.69, 9.17) is 0 Å². The van der Waals surface area contributed by atoms with Gasteiger partial charge in [0, 0.05) is 10.9 Å². The van der Waals surface area contributed by atoms with Crippen LogP contribution in [-0.2, 0) is 17.6 Å². The van der Waals surface area contributed by atoms with Gasteiger partial charge in [-0.15, -0.1) is 11.3 Å². The molecule has 7 heteroatoms. The Morgan fingerprint density at radius 3 is 2.88 bits per heavy atom. The molecule has 4 nitrogen and oxygen atoms in total. The first-order chi connectivity index (χ1) is 12.0. The van der Waals surface area contributed by atoms with Gasteiger partial charge in [-0.1, -0.05) is 6.07 Å². The predicted molar refractivity (Wildman–Crippen MR) is 92.5 cm³/mol. The van der Waals surface area contributed by atoms with E-state index < -0.39 is 11.6 Å². The van der Waals surface area contributed by atoms with Crippen molar-refractivity contribution in [1.29, 1.82) is 5.26 Å². The van der Waals surface area contributed by atoms with Gasteiger partial charge in [-0.2, -0.15) is 5.26 Å². The van der Waals surface area contributed by atoms with Crippen LogP contribution in [0.25, 0.3) is 0 Å². The molecule has 0 fully saturated rings. The van der Waals surface area contributed by atoms with Gasteiger partial charge in [0.25, 0.3) is 0 Å². The van der Waals surface area contributed by atoms with Crippen molar-refractivity contribution in [2.45, 2.75) is 32.2 Å². The number of benzene rings is 1. The summed E-state index contributed by atoms with van der Waals surface area (Å²) < 4.78 is 26.3. The number of hydrogen-bond acceptors (Lipinski definition) is 4. The van der Waals surface area contributed by atoms with E-state index in [0.29, 0.717) is 16.1 Å². The van der Waals surface area contributed by atoms with Crippen molar-refractivity contribution in [2.24, 2.45) is 0 Å². The number of amides is 1. The van der Waals surface area contributed by atoms with Crippen LogP contribution in [-0.4, -0.2) is 12.5 Å². The maximum absolute atomic E-state index is 13.3. The van der Waals surface area contributed by atoms with E-state index >= 15 is 0 Å². The quantitative estimate of drug-likeness (QED) is 0.854. The molecule has 0 radical (unpaired) electrons. The third-order valence-electron chi connectivity index (χ3n) is 4.30. The lowest BCUT2D eigenvalue weighted by atomic mass is 10.1. The number of carbonyl (C=O) groups is 1. The van der Waals surface area contributed by atoms with Gasteiger partial charge < -0.3 is 10.6 Å². The molecule has 25 heavy (non-hydrogen) atoms. The fraction of sp³-hybridized carbons (Fsp3) is 0.333. The second-order valence-corrected chi connectivity index (χ2v) is 7.10. The number of aryl methyl sites for hydroxylation is 1. The van der Waals surface area contributed by atoms with Crippen LogP contribution in [0.3, 0.4) is 0 Å². The summed E-state index contributed by atoms with van der Waals surface area (Å²) >= 11 is 1.46. The second-order valence-electron chi connectivity index (χ2n) is 6.00. The van der Waals surface area contributed by atoms with Crippen LogP contribution in [0.5, 0.6) is 0 Å². The number of thiophene rings is 1. The molecule has 1 aliphatic carbocycles. The van der Waals surface area contributed by atoms with E-state index in [1.807, 2.05) is 0 Å². The number of nitrogens with zero attached hydrogens (tertiary/aromatic N) is 1. The number of anilines is 1. The molecule has 2 aromatic rings. The highest BCUT2D eigenvalue weighted by molar-refractivity contribution is 7.16. The Bertz CT molecular complexity index is 857. The molecule has 1 amide bonds. The van der Waals surface area contributed by atoms with Gasteiger partial charge in [-0.3, -0.25) is 4.79 Å². The van der Waals surface area contributed by atoms with E-state index in [1.165, 1.54) is 22.3 Å². The van der Waals surface area contributed by atoms with Crippen molar-refractivity contribution in [3.05, 3.63) is 51.4 Å². The van der Waals surface area contributed by atoms with Crippen LogP contribution >= 0.6 is 11.3 Å². The van der Waals surface area contributed by atoms with Crippen molar-refractivity contribution in [1.82, 2.24) is 5.32 Å². The lowest BCUT2D eigenvalue weighted by Gasteiger charge is -2.14. The molecule has 130 valence electrons. The lowest BCUT2D eigenvalue weighted by Crippen LogP contribution is -2.30. The Balaban J connectivity index is 1.60. The van der Waals surface area contributed by atoms with E-state index in [2.05, 4.69) is 16.7 Å². The third-order valence-corrected chi connectivity index (χ3v) is 5.51. The fourth-order valence-electron chi connectivity index (χ4n) is 2.93. The molecule has 0 aliphatic heterocycles. The van der Waals surface area contributed by atoms with Gasteiger partial charge in [0.2, 0.25) is 5.91 Å². The smallest absolute Gasteiger partial charge is 0.238 e. The lowest BCUT2D eigenvalue weighted by molar-refractivity contribution is -0.115. The molecule has 3 rings (SSSR count). The average Bonchev–Trinajstić information content (AvgIpc) is 3.15. The monoisotopic (exact) mass is 361 g/mol. The van der Waals surface area contributed by atoms with Crippen molar-refractivity contribution in [3.63, 3.8) is 0 Å². The second kappa shape index (κ2) is 7.30. The van der Waals surface area contributed by atoms with Gasteiger partial charge in [-0.05, 0) is 49.4 Å².